The first-order valence-electron chi connectivity index (χ1n) is 10.4. The molecule has 0 aliphatic carbocycles. The number of aromatic amines is 1. The lowest BCUT2D eigenvalue weighted by Gasteiger charge is -2.29. The van der Waals surface area contributed by atoms with Crippen molar-refractivity contribution < 1.29 is 13.2 Å². The van der Waals surface area contributed by atoms with Crippen molar-refractivity contribution in [1.82, 2.24) is 19.1 Å². The fraction of sp³-hybridized carbons (Fsp3) is 0.381. The molecule has 0 saturated carbocycles. The third kappa shape index (κ3) is 3.46. The normalized spacial score (nSPS) is 21.7. The fourth-order valence-electron chi connectivity index (χ4n) is 4.08. The quantitative estimate of drug-likeness (QED) is 0.602. The van der Waals surface area contributed by atoms with Gasteiger partial charge in [0.15, 0.2) is 5.82 Å². The summed E-state index contributed by atoms with van der Waals surface area (Å²) in [7, 11) is -3.47. The molecule has 32 heavy (non-hydrogen) atoms. The van der Waals surface area contributed by atoms with E-state index in [1.165, 1.54) is 4.31 Å². The number of nitriles is 1. The molecule has 11 heteroatoms. The number of hydrogen-bond acceptors (Lipinski definition) is 7. The lowest BCUT2D eigenvalue weighted by molar-refractivity contribution is 0.0359. The molecule has 5 rings (SSSR count). The minimum Gasteiger partial charge on any atom is -0.379 e. The van der Waals surface area contributed by atoms with E-state index in [0.29, 0.717) is 55.1 Å². The van der Waals surface area contributed by atoms with Crippen molar-refractivity contribution >= 4 is 32.4 Å². The molecule has 0 unspecified atom stereocenters. The third-order valence-corrected chi connectivity index (χ3v) is 7.92. The first-order chi connectivity index (χ1) is 15.5. The molecule has 2 aliphatic heterocycles. The van der Waals surface area contributed by atoms with Gasteiger partial charge in [0.1, 0.15) is 5.39 Å². The van der Waals surface area contributed by atoms with Crippen LogP contribution in [-0.2, 0) is 14.8 Å². The molecule has 0 amide bonds. The number of sulfonamides is 1. The Morgan fingerprint density at radius 3 is 2.69 bits per heavy atom. The third-order valence-electron chi connectivity index (χ3n) is 6.01. The summed E-state index contributed by atoms with van der Waals surface area (Å²) in [6.45, 7) is 1.95. The van der Waals surface area contributed by atoms with Gasteiger partial charge in [0, 0.05) is 31.6 Å². The van der Waals surface area contributed by atoms with Gasteiger partial charge in [0.2, 0.25) is 10.0 Å². The summed E-state index contributed by atoms with van der Waals surface area (Å²) >= 11 is 0. The molecule has 10 nitrogen and oxygen atoms in total. The van der Waals surface area contributed by atoms with Crippen molar-refractivity contribution in [1.29, 1.82) is 5.26 Å². The zero-order valence-electron chi connectivity index (χ0n) is 17.2. The highest BCUT2D eigenvalue weighted by Crippen LogP contribution is 2.32. The van der Waals surface area contributed by atoms with Crippen LogP contribution in [0.25, 0.3) is 10.9 Å². The molecule has 0 spiro atoms. The highest BCUT2D eigenvalue weighted by atomic mass is 32.2. The first kappa shape index (κ1) is 20.7. The molecule has 2 aliphatic rings. The molecule has 2 saturated heterocycles. The summed E-state index contributed by atoms with van der Waals surface area (Å²) in [4.78, 5) is 15.5. The molecule has 2 N–H and O–H groups in total. The zero-order valence-corrected chi connectivity index (χ0v) is 18.0. The summed E-state index contributed by atoms with van der Waals surface area (Å²) in [6, 6.07) is 10.1. The maximum atomic E-state index is 12.6. The molecule has 4 heterocycles. The molecular weight excluding hydrogens is 432 g/mol. The van der Waals surface area contributed by atoms with Gasteiger partial charge in [-0.15, -0.1) is 0 Å². The Morgan fingerprint density at radius 1 is 1.22 bits per heavy atom. The van der Waals surface area contributed by atoms with E-state index >= 15 is 0 Å². The number of ether oxygens (including phenoxy) is 1. The first-order valence-corrected chi connectivity index (χ1v) is 11.9. The molecule has 166 valence electrons. The smallest absolute Gasteiger partial charge is 0.261 e. The van der Waals surface area contributed by atoms with Crippen LogP contribution in [0.2, 0.25) is 0 Å². The van der Waals surface area contributed by atoms with E-state index in [1.54, 1.807) is 41.2 Å². The van der Waals surface area contributed by atoms with Crippen molar-refractivity contribution in [2.45, 2.75) is 23.8 Å². The maximum absolute atomic E-state index is 12.6. The number of rotatable bonds is 5. The van der Waals surface area contributed by atoms with Gasteiger partial charge in [-0.25, -0.2) is 8.42 Å². The van der Waals surface area contributed by atoms with E-state index in [4.69, 9.17) is 4.74 Å². The Labute approximate surface area is 184 Å². The predicted molar refractivity (Wildman–Crippen MR) is 117 cm³/mol. The van der Waals surface area contributed by atoms with Gasteiger partial charge in [0.25, 0.3) is 5.56 Å². The van der Waals surface area contributed by atoms with Crippen molar-refractivity contribution in [2.75, 3.05) is 31.6 Å². The minimum absolute atomic E-state index is 0.229. The van der Waals surface area contributed by atoms with Gasteiger partial charge in [-0.05, 0) is 43.2 Å². The van der Waals surface area contributed by atoms with Crippen LogP contribution in [0.4, 0.5) is 11.5 Å². The lowest BCUT2D eigenvalue weighted by Crippen LogP contribution is -2.41. The molecule has 0 bridgehead atoms. The van der Waals surface area contributed by atoms with Crippen LogP contribution in [-0.4, -0.2) is 53.8 Å². The summed E-state index contributed by atoms with van der Waals surface area (Å²) < 4.78 is 33.8. The Kier molecular flexibility index (Phi) is 5.21. The number of fused-ring (bicyclic) bond motifs is 1. The molecule has 1 aromatic carbocycles. The van der Waals surface area contributed by atoms with Crippen LogP contribution < -0.4 is 10.9 Å². The van der Waals surface area contributed by atoms with E-state index in [1.807, 2.05) is 0 Å². The second-order valence-electron chi connectivity index (χ2n) is 7.93. The van der Waals surface area contributed by atoms with E-state index in [9.17, 15) is 18.5 Å². The summed E-state index contributed by atoms with van der Waals surface area (Å²) in [6.07, 6.45) is 3.02. The van der Waals surface area contributed by atoms with Gasteiger partial charge >= 0.3 is 0 Å². The highest BCUT2D eigenvalue weighted by molar-refractivity contribution is 7.89. The zero-order chi connectivity index (χ0) is 22.3. The van der Waals surface area contributed by atoms with Crippen LogP contribution in [0.15, 0.2) is 46.2 Å². The molecule has 0 radical (unpaired) electrons. The second kappa shape index (κ2) is 8.05. The van der Waals surface area contributed by atoms with E-state index in [2.05, 4.69) is 21.5 Å². The second-order valence-corrected chi connectivity index (χ2v) is 9.87. The largest absolute Gasteiger partial charge is 0.379 e. The van der Waals surface area contributed by atoms with Crippen molar-refractivity contribution in [3.8, 4) is 6.07 Å². The monoisotopic (exact) mass is 454 g/mol. The molecule has 2 atom stereocenters. The van der Waals surface area contributed by atoms with E-state index < -0.39 is 10.0 Å². The van der Waals surface area contributed by atoms with Gasteiger partial charge in [-0.3, -0.25) is 9.48 Å². The summed E-state index contributed by atoms with van der Waals surface area (Å²) in [5, 5.41) is 17.7. The average molecular weight is 455 g/mol. The molecule has 3 aromatic rings. The van der Waals surface area contributed by atoms with E-state index in [0.717, 1.165) is 6.42 Å². The molecule has 2 fully saturated rings. The number of hydrogen-bond donors (Lipinski definition) is 2. The van der Waals surface area contributed by atoms with Gasteiger partial charge in [-0.2, -0.15) is 14.7 Å². The molecule has 2 aromatic heterocycles. The van der Waals surface area contributed by atoms with Crippen LogP contribution in [0, 0.1) is 17.2 Å². The SMILES string of the molecule is N#C[C@H]1CCOC[C@@H]1n1nc(Nc2ccc(S(=O)(=O)N3CCC3)cc2)c2c(=O)[nH]ccc21. The molecular formula is C21H22N6O4S. The van der Waals surface area contributed by atoms with Crippen LogP contribution in [0.1, 0.15) is 18.9 Å². The number of aromatic nitrogens is 3. The number of nitrogens with one attached hydrogen (secondary N) is 2. The van der Waals surface area contributed by atoms with Crippen molar-refractivity contribution in [3.05, 3.63) is 46.9 Å². The predicted octanol–water partition coefficient (Wildman–Crippen LogP) is 1.96. The van der Waals surface area contributed by atoms with Crippen molar-refractivity contribution in [2.24, 2.45) is 5.92 Å². The Morgan fingerprint density at radius 2 is 2.00 bits per heavy atom. The van der Waals surface area contributed by atoms with Crippen LogP contribution >= 0.6 is 0 Å². The topological polar surface area (TPSA) is 133 Å². The summed E-state index contributed by atoms with van der Waals surface area (Å²) in [5.41, 5.74) is 0.890. The average Bonchev–Trinajstić information content (AvgIpc) is 3.12. The van der Waals surface area contributed by atoms with Crippen molar-refractivity contribution in [3.63, 3.8) is 0 Å². The Hall–Kier alpha value is -3.20. The lowest BCUT2D eigenvalue weighted by atomic mass is 9.96. The number of H-pyrrole nitrogens is 1. The number of nitrogens with zero attached hydrogens (tertiary/aromatic N) is 4. The number of anilines is 2. The highest BCUT2D eigenvalue weighted by Gasteiger charge is 2.31. The fourth-order valence-corrected chi connectivity index (χ4v) is 5.60. The Balaban J connectivity index is 1.50. The van der Waals surface area contributed by atoms with Crippen LogP contribution in [0.3, 0.4) is 0 Å². The van der Waals surface area contributed by atoms with E-state index in [-0.39, 0.29) is 22.4 Å². The van der Waals surface area contributed by atoms with Gasteiger partial charge in [0.05, 0.1) is 35.0 Å². The van der Waals surface area contributed by atoms with Crippen LogP contribution in [0.5, 0.6) is 0 Å². The number of pyridine rings is 1. The van der Waals surface area contributed by atoms with Gasteiger partial charge in [-0.1, -0.05) is 0 Å². The minimum atomic E-state index is -3.47. The summed E-state index contributed by atoms with van der Waals surface area (Å²) in [5.74, 6) is 0.0625. The Bertz CT molecular complexity index is 1350. The van der Waals surface area contributed by atoms with Gasteiger partial charge < -0.3 is 15.0 Å². The number of benzene rings is 1. The maximum Gasteiger partial charge on any atom is 0.261 e. The standard InChI is InChI=1S/C21H22N6O4S/c22-12-14-7-11-31-13-18(14)27-17-6-8-23-21(28)19(17)20(25-27)24-15-2-4-16(5-3-15)32(29,30)26-9-1-10-26/h2-6,8,14,18H,1,7,9-11,13H2,(H,23,28)(H,24,25)/t14-,18+/m1/s1.